The van der Waals surface area contributed by atoms with E-state index in [1.54, 1.807) is 0 Å². The van der Waals surface area contributed by atoms with Crippen LogP contribution in [-0.2, 0) is 15.4 Å². The first-order valence-corrected chi connectivity index (χ1v) is 5.64. The summed E-state index contributed by atoms with van der Waals surface area (Å²) in [6, 6.07) is 0. The Morgan fingerprint density at radius 2 is 2.00 bits per heavy atom. The maximum atomic E-state index is 10.4. The summed E-state index contributed by atoms with van der Waals surface area (Å²) < 4.78 is 15.1. The van der Waals surface area contributed by atoms with Crippen LogP contribution in [0, 0.1) is 5.41 Å². The summed E-state index contributed by atoms with van der Waals surface area (Å²) in [5.74, 6) is 0. The van der Waals surface area contributed by atoms with Crippen molar-refractivity contribution in [1.29, 1.82) is 0 Å². The molecule has 1 unspecified atom stereocenters. The first-order chi connectivity index (χ1) is 5.42. The molecule has 3 nitrogen and oxygen atoms in total. The monoisotopic (exact) mass is 193 g/mol. The topological polar surface area (TPSA) is 38.3 Å². The predicted molar refractivity (Wildman–Crippen MR) is 51.8 cm³/mol. The lowest BCUT2D eigenvalue weighted by Gasteiger charge is -2.17. The molecular weight excluding hydrogens is 174 g/mol. The Morgan fingerprint density at radius 3 is 2.42 bits per heavy atom. The summed E-state index contributed by atoms with van der Waals surface area (Å²) >= 11 is -1.20. The average Bonchev–Trinajstić information content (AvgIpc) is 1.83. The van der Waals surface area contributed by atoms with Crippen LogP contribution in [-0.4, -0.2) is 17.0 Å². The molecule has 0 aliphatic rings. The van der Waals surface area contributed by atoms with Gasteiger partial charge in [0.25, 0.3) is 0 Å². The molecule has 4 heteroatoms. The van der Waals surface area contributed by atoms with Crippen LogP contribution >= 0.6 is 0 Å². The van der Waals surface area contributed by atoms with Gasteiger partial charge in [0.2, 0.25) is 0 Å². The molecule has 12 heavy (non-hydrogen) atoms. The summed E-state index contributed by atoms with van der Waals surface area (Å²) in [7, 11) is 0. The van der Waals surface area contributed by atoms with E-state index in [4.69, 9.17) is 0 Å². The summed E-state index contributed by atoms with van der Waals surface area (Å²) in [5, 5.41) is 0. The highest BCUT2D eigenvalue weighted by atomic mass is 32.2. The Labute approximate surface area is 77.5 Å². The number of nitrogens with one attached hydrogen (secondary N) is 1. The lowest BCUT2D eigenvalue weighted by molar-refractivity contribution is 0.212. The van der Waals surface area contributed by atoms with E-state index in [2.05, 4.69) is 30.5 Å². The number of rotatable bonds is 5. The van der Waals surface area contributed by atoms with E-state index < -0.39 is 11.1 Å². The second kappa shape index (κ2) is 5.67. The molecule has 0 aromatic carbocycles. The molecule has 0 radical (unpaired) electrons. The Hall–Kier alpha value is 0.0700. The third-order valence-electron chi connectivity index (χ3n) is 1.38. The average molecular weight is 193 g/mol. The van der Waals surface area contributed by atoms with E-state index >= 15 is 0 Å². The molecule has 0 bridgehead atoms. The molecule has 1 N–H and O–H groups in total. The standard InChI is InChI=1S/C8H19NO2S/c1-8(2,3)6-5-7-9-11-12(4)10/h9H,5-7H2,1-4H3. The Balaban J connectivity index is 3.17. The van der Waals surface area contributed by atoms with Crippen molar-refractivity contribution in [3.8, 4) is 0 Å². The molecule has 0 aromatic heterocycles. The highest BCUT2D eigenvalue weighted by molar-refractivity contribution is 7.79. The van der Waals surface area contributed by atoms with E-state index in [0.29, 0.717) is 5.41 Å². The van der Waals surface area contributed by atoms with Crippen LogP contribution in [0.25, 0.3) is 0 Å². The van der Waals surface area contributed by atoms with Gasteiger partial charge in [0, 0.05) is 12.8 Å². The molecule has 1 atom stereocenters. The SMILES string of the molecule is CS(=O)ONCCCC(C)(C)C. The fourth-order valence-electron chi connectivity index (χ4n) is 0.816. The zero-order valence-electron chi connectivity index (χ0n) is 8.35. The summed E-state index contributed by atoms with van der Waals surface area (Å²) in [6.07, 6.45) is 3.68. The van der Waals surface area contributed by atoms with Gasteiger partial charge in [-0.05, 0) is 18.3 Å². The predicted octanol–water partition coefficient (Wildman–Crippen LogP) is 1.63. The third kappa shape index (κ3) is 10.1. The first kappa shape index (κ1) is 12.1. The molecule has 0 rings (SSSR count). The van der Waals surface area contributed by atoms with E-state index in [1.807, 2.05) is 0 Å². The minimum absolute atomic E-state index is 0.368. The third-order valence-corrected chi connectivity index (χ3v) is 1.73. The lowest BCUT2D eigenvalue weighted by Crippen LogP contribution is -2.18. The largest absolute Gasteiger partial charge is 0.229 e. The maximum absolute atomic E-state index is 10.4. The number of hydrogen-bond donors (Lipinski definition) is 1. The van der Waals surface area contributed by atoms with Crippen LogP contribution in [0.1, 0.15) is 33.6 Å². The van der Waals surface area contributed by atoms with Gasteiger partial charge >= 0.3 is 0 Å². The maximum Gasteiger partial charge on any atom is 0.169 e. The molecule has 0 saturated heterocycles. The van der Waals surface area contributed by atoms with Crippen LogP contribution < -0.4 is 5.48 Å². The second-order valence-corrected chi connectivity index (χ2v) is 5.01. The van der Waals surface area contributed by atoms with Crippen LogP contribution in [0.4, 0.5) is 0 Å². The van der Waals surface area contributed by atoms with Gasteiger partial charge in [-0.3, -0.25) is 0 Å². The first-order valence-electron chi connectivity index (χ1n) is 4.15. The minimum atomic E-state index is -1.20. The summed E-state index contributed by atoms with van der Waals surface area (Å²) in [6.45, 7) is 7.36. The van der Waals surface area contributed by atoms with Gasteiger partial charge in [-0.25, -0.2) is 8.49 Å². The molecule has 0 aliphatic carbocycles. The normalized spacial score (nSPS) is 14.7. The van der Waals surface area contributed by atoms with Crippen molar-refractivity contribution in [2.75, 3.05) is 12.8 Å². The molecular formula is C8H19NO2S. The highest BCUT2D eigenvalue weighted by Crippen LogP contribution is 2.19. The molecule has 0 aromatic rings. The van der Waals surface area contributed by atoms with Crippen LogP contribution in [0.3, 0.4) is 0 Å². The molecule has 0 fully saturated rings. The van der Waals surface area contributed by atoms with E-state index in [1.165, 1.54) is 6.26 Å². The van der Waals surface area contributed by atoms with Gasteiger partial charge in [-0.2, -0.15) is 5.48 Å². The van der Waals surface area contributed by atoms with Crippen molar-refractivity contribution < 1.29 is 8.49 Å². The molecule has 0 heterocycles. The van der Waals surface area contributed by atoms with Gasteiger partial charge in [-0.1, -0.05) is 20.8 Å². The van der Waals surface area contributed by atoms with Crippen LogP contribution in [0.2, 0.25) is 0 Å². The molecule has 0 aliphatic heterocycles. The quantitative estimate of drug-likeness (QED) is 0.533. The molecule has 0 saturated carbocycles. The van der Waals surface area contributed by atoms with Crippen molar-refractivity contribution in [2.45, 2.75) is 33.6 Å². The van der Waals surface area contributed by atoms with Gasteiger partial charge in [0.1, 0.15) is 0 Å². The molecule has 74 valence electrons. The fraction of sp³-hybridized carbons (Fsp3) is 1.00. The van der Waals surface area contributed by atoms with Crippen LogP contribution in [0.5, 0.6) is 0 Å². The fourth-order valence-corrected chi connectivity index (χ4v) is 1.06. The Kier molecular flexibility index (Phi) is 5.70. The van der Waals surface area contributed by atoms with Crippen LogP contribution in [0.15, 0.2) is 0 Å². The van der Waals surface area contributed by atoms with Crippen molar-refractivity contribution in [3.05, 3.63) is 0 Å². The zero-order valence-corrected chi connectivity index (χ0v) is 9.16. The van der Waals surface area contributed by atoms with Crippen molar-refractivity contribution in [2.24, 2.45) is 5.41 Å². The van der Waals surface area contributed by atoms with Gasteiger partial charge in [-0.15, -0.1) is 0 Å². The lowest BCUT2D eigenvalue weighted by atomic mass is 9.91. The number of hydroxylamine groups is 1. The number of hydrogen-bond acceptors (Lipinski definition) is 3. The second-order valence-electron chi connectivity index (χ2n) is 4.04. The minimum Gasteiger partial charge on any atom is -0.229 e. The van der Waals surface area contributed by atoms with Gasteiger partial charge < -0.3 is 0 Å². The van der Waals surface area contributed by atoms with Crippen molar-refractivity contribution in [1.82, 2.24) is 5.48 Å². The van der Waals surface area contributed by atoms with Crippen molar-refractivity contribution >= 4 is 11.1 Å². The van der Waals surface area contributed by atoms with Gasteiger partial charge in [0.15, 0.2) is 11.1 Å². The smallest absolute Gasteiger partial charge is 0.169 e. The van der Waals surface area contributed by atoms with E-state index in [-0.39, 0.29) is 0 Å². The Bertz CT molecular complexity index is 142. The molecule has 0 spiro atoms. The van der Waals surface area contributed by atoms with E-state index in [9.17, 15) is 4.21 Å². The molecule has 0 amide bonds. The summed E-state index contributed by atoms with van der Waals surface area (Å²) in [4.78, 5) is 0. The van der Waals surface area contributed by atoms with Crippen molar-refractivity contribution in [3.63, 3.8) is 0 Å². The van der Waals surface area contributed by atoms with Gasteiger partial charge in [0.05, 0.1) is 0 Å². The zero-order chi connectivity index (χ0) is 9.61. The Morgan fingerprint density at radius 1 is 1.42 bits per heavy atom. The summed E-state index contributed by atoms with van der Waals surface area (Å²) in [5.41, 5.74) is 3.03. The van der Waals surface area contributed by atoms with E-state index in [0.717, 1.165) is 19.4 Å². The highest BCUT2D eigenvalue weighted by Gasteiger charge is 2.08.